The third-order valence-electron chi connectivity index (χ3n) is 3.28. The van der Waals surface area contributed by atoms with Crippen molar-refractivity contribution in [1.82, 2.24) is 4.90 Å². The molecule has 0 saturated carbocycles. The summed E-state index contributed by atoms with van der Waals surface area (Å²) >= 11 is 0. The van der Waals surface area contributed by atoms with E-state index < -0.39 is 29.0 Å². The normalized spacial score (nSPS) is 10.8. The summed E-state index contributed by atoms with van der Waals surface area (Å²) in [6, 6.07) is 8.14. The summed E-state index contributed by atoms with van der Waals surface area (Å²) in [5.41, 5.74) is 0.673. The Balaban J connectivity index is 2.05. The lowest BCUT2D eigenvalue weighted by Crippen LogP contribution is -2.21. The molecule has 130 valence electrons. The van der Waals surface area contributed by atoms with Gasteiger partial charge in [0, 0.05) is 25.7 Å². The molecule has 2 aromatic rings. The number of rotatable bonds is 4. The molecule has 2 amide bonds. The number of amides is 2. The van der Waals surface area contributed by atoms with Crippen LogP contribution in [-0.4, -0.2) is 30.8 Å². The van der Waals surface area contributed by atoms with Crippen molar-refractivity contribution >= 4 is 23.6 Å². The van der Waals surface area contributed by atoms with Crippen molar-refractivity contribution in [2.45, 2.75) is 0 Å². The molecule has 0 atom stereocenters. The Hall–Kier alpha value is -3.09. The Bertz CT molecular complexity index is 831. The van der Waals surface area contributed by atoms with Crippen LogP contribution in [0.4, 0.5) is 18.9 Å². The monoisotopic (exact) mass is 348 g/mol. The molecule has 1 N–H and O–H groups in total. The Morgan fingerprint density at radius 1 is 0.960 bits per heavy atom. The Labute approximate surface area is 142 Å². The molecular weight excluding hydrogens is 333 g/mol. The van der Waals surface area contributed by atoms with Gasteiger partial charge in [0.1, 0.15) is 0 Å². The summed E-state index contributed by atoms with van der Waals surface area (Å²) in [6.45, 7) is 0. The predicted molar refractivity (Wildman–Crippen MR) is 88.4 cm³/mol. The van der Waals surface area contributed by atoms with Crippen molar-refractivity contribution in [1.29, 1.82) is 0 Å². The van der Waals surface area contributed by atoms with Gasteiger partial charge in [-0.15, -0.1) is 0 Å². The van der Waals surface area contributed by atoms with Crippen molar-refractivity contribution in [3.05, 3.63) is 71.1 Å². The molecule has 0 aliphatic heterocycles. The zero-order valence-electron chi connectivity index (χ0n) is 13.5. The molecule has 25 heavy (non-hydrogen) atoms. The molecule has 0 aromatic heterocycles. The van der Waals surface area contributed by atoms with Gasteiger partial charge in [0.05, 0.1) is 5.69 Å². The fraction of sp³-hybridized carbons (Fsp3) is 0.111. The molecule has 0 fully saturated rings. The largest absolute Gasteiger partial charge is 0.345 e. The third kappa shape index (κ3) is 4.47. The highest BCUT2D eigenvalue weighted by Crippen LogP contribution is 2.19. The van der Waals surface area contributed by atoms with Gasteiger partial charge in [0.25, 0.3) is 5.91 Å². The smallest absolute Gasteiger partial charge is 0.253 e. The van der Waals surface area contributed by atoms with Crippen LogP contribution in [0, 0.1) is 17.5 Å². The van der Waals surface area contributed by atoms with Gasteiger partial charge in [-0.05, 0) is 35.9 Å². The number of nitrogens with one attached hydrogen (secondary N) is 1. The second-order valence-electron chi connectivity index (χ2n) is 5.37. The summed E-state index contributed by atoms with van der Waals surface area (Å²) in [6.07, 6.45) is 2.56. The standard InChI is InChI=1S/C18H15F3N2O2/c1-23(2)18(25)12-6-3-11(4-7-12)5-10-15(24)22-14-9-8-13(19)16(20)17(14)21/h3-10H,1-2H3,(H,22,24)/b10-5+. The lowest BCUT2D eigenvalue weighted by molar-refractivity contribution is -0.111. The summed E-state index contributed by atoms with van der Waals surface area (Å²) in [5.74, 6) is -5.31. The van der Waals surface area contributed by atoms with Crippen LogP contribution in [0.1, 0.15) is 15.9 Å². The van der Waals surface area contributed by atoms with E-state index in [-0.39, 0.29) is 5.91 Å². The fourth-order valence-electron chi connectivity index (χ4n) is 1.96. The molecule has 2 rings (SSSR count). The number of halogens is 3. The average Bonchev–Trinajstić information content (AvgIpc) is 2.60. The highest BCUT2D eigenvalue weighted by molar-refractivity contribution is 6.02. The Morgan fingerprint density at radius 3 is 2.20 bits per heavy atom. The second-order valence-corrected chi connectivity index (χ2v) is 5.37. The summed E-state index contributed by atoms with van der Waals surface area (Å²) in [4.78, 5) is 25.0. The van der Waals surface area contributed by atoms with E-state index in [1.54, 1.807) is 38.4 Å². The van der Waals surface area contributed by atoms with Gasteiger partial charge in [-0.1, -0.05) is 12.1 Å². The molecule has 0 unspecified atom stereocenters. The third-order valence-corrected chi connectivity index (χ3v) is 3.28. The molecule has 0 aliphatic rings. The number of hydrogen-bond donors (Lipinski definition) is 1. The van der Waals surface area contributed by atoms with Gasteiger partial charge in [0.2, 0.25) is 5.91 Å². The van der Waals surface area contributed by atoms with Gasteiger partial charge in [-0.3, -0.25) is 9.59 Å². The molecule has 4 nitrogen and oxygen atoms in total. The zero-order chi connectivity index (χ0) is 18.6. The van der Waals surface area contributed by atoms with Crippen molar-refractivity contribution in [2.75, 3.05) is 19.4 Å². The van der Waals surface area contributed by atoms with Gasteiger partial charge in [0.15, 0.2) is 17.5 Å². The van der Waals surface area contributed by atoms with E-state index in [0.29, 0.717) is 11.1 Å². The van der Waals surface area contributed by atoms with E-state index >= 15 is 0 Å². The maximum absolute atomic E-state index is 13.5. The fourth-order valence-corrected chi connectivity index (χ4v) is 1.96. The molecule has 7 heteroatoms. The lowest BCUT2D eigenvalue weighted by atomic mass is 10.1. The van der Waals surface area contributed by atoms with Crippen LogP contribution < -0.4 is 5.32 Å². The van der Waals surface area contributed by atoms with Crippen LogP contribution in [0.15, 0.2) is 42.5 Å². The van der Waals surface area contributed by atoms with E-state index in [2.05, 4.69) is 5.32 Å². The van der Waals surface area contributed by atoms with Crippen molar-refractivity contribution in [3.63, 3.8) is 0 Å². The number of nitrogens with zero attached hydrogens (tertiary/aromatic N) is 1. The van der Waals surface area contributed by atoms with E-state index in [9.17, 15) is 22.8 Å². The maximum atomic E-state index is 13.5. The molecule has 0 radical (unpaired) electrons. The number of hydrogen-bond acceptors (Lipinski definition) is 2. The Morgan fingerprint density at radius 2 is 1.60 bits per heavy atom. The first-order valence-electron chi connectivity index (χ1n) is 7.24. The summed E-state index contributed by atoms with van der Waals surface area (Å²) in [5, 5.41) is 2.12. The van der Waals surface area contributed by atoms with Crippen LogP contribution in [0.25, 0.3) is 6.08 Å². The van der Waals surface area contributed by atoms with E-state index in [1.165, 1.54) is 11.0 Å². The summed E-state index contributed by atoms with van der Waals surface area (Å²) in [7, 11) is 3.27. The molecule has 0 bridgehead atoms. The molecule has 0 aliphatic carbocycles. The van der Waals surface area contributed by atoms with Gasteiger partial charge in [-0.2, -0.15) is 0 Å². The van der Waals surface area contributed by atoms with Crippen LogP contribution in [0.2, 0.25) is 0 Å². The van der Waals surface area contributed by atoms with Gasteiger partial charge < -0.3 is 10.2 Å². The first kappa shape index (κ1) is 18.3. The number of anilines is 1. The van der Waals surface area contributed by atoms with Crippen LogP contribution >= 0.6 is 0 Å². The summed E-state index contributed by atoms with van der Waals surface area (Å²) < 4.78 is 39.4. The first-order chi connectivity index (χ1) is 11.8. The molecule has 0 spiro atoms. The quantitative estimate of drug-likeness (QED) is 0.680. The van der Waals surface area contributed by atoms with Crippen molar-refractivity contribution < 1.29 is 22.8 Å². The highest BCUT2D eigenvalue weighted by atomic mass is 19.2. The van der Waals surface area contributed by atoms with Crippen LogP contribution in [-0.2, 0) is 4.79 Å². The highest BCUT2D eigenvalue weighted by Gasteiger charge is 2.14. The number of carbonyl (C=O) groups excluding carboxylic acids is 2. The topological polar surface area (TPSA) is 49.4 Å². The minimum absolute atomic E-state index is 0.151. The van der Waals surface area contributed by atoms with Gasteiger partial charge >= 0.3 is 0 Å². The minimum atomic E-state index is -1.65. The molecule has 0 heterocycles. The van der Waals surface area contributed by atoms with Crippen LogP contribution in [0.5, 0.6) is 0 Å². The first-order valence-corrected chi connectivity index (χ1v) is 7.24. The SMILES string of the molecule is CN(C)C(=O)c1ccc(/C=C/C(=O)Nc2ccc(F)c(F)c2F)cc1. The molecule has 2 aromatic carbocycles. The molecular formula is C18H15F3N2O2. The lowest BCUT2D eigenvalue weighted by Gasteiger charge is -2.09. The maximum Gasteiger partial charge on any atom is 0.253 e. The number of benzene rings is 2. The van der Waals surface area contributed by atoms with E-state index in [0.717, 1.165) is 18.2 Å². The van der Waals surface area contributed by atoms with E-state index in [1.807, 2.05) is 0 Å². The zero-order valence-corrected chi connectivity index (χ0v) is 13.5. The predicted octanol–water partition coefficient (Wildman–Crippen LogP) is 3.46. The second kappa shape index (κ2) is 7.65. The average molecular weight is 348 g/mol. The Kier molecular flexibility index (Phi) is 5.59. The molecule has 0 saturated heterocycles. The van der Waals surface area contributed by atoms with Crippen molar-refractivity contribution in [2.24, 2.45) is 0 Å². The van der Waals surface area contributed by atoms with Gasteiger partial charge in [-0.25, -0.2) is 13.2 Å². The van der Waals surface area contributed by atoms with Crippen LogP contribution in [0.3, 0.4) is 0 Å². The van der Waals surface area contributed by atoms with E-state index in [4.69, 9.17) is 0 Å². The minimum Gasteiger partial charge on any atom is -0.345 e. The van der Waals surface area contributed by atoms with Crippen molar-refractivity contribution in [3.8, 4) is 0 Å². The number of carbonyl (C=O) groups is 2.